The number of hydrogen-bond donors (Lipinski definition) is 1. The van der Waals surface area contributed by atoms with E-state index in [-0.39, 0.29) is 23.1 Å². The van der Waals surface area contributed by atoms with Crippen LogP contribution in [0.25, 0.3) is 0 Å². The number of anilines is 1. The Kier molecular flexibility index (Phi) is 5.99. The van der Waals surface area contributed by atoms with Crippen LogP contribution in [-0.2, 0) is 10.0 Å². The summed E-state index contributed by atoms with van der Waals surface area (Å²) in [6.45, 7) is 3.24. The molecule has 0 unspecified atom stereocenters. The van der Waals surface area contributed by atoms with Crippen LogP contribution in [0.1, 0.15) is 12.8 Å². The van der Waals surface area contributed by atoms with Crippen molar-refractivity contribution in [3.63, 3.8) is 0 Å². The van der Waals surface area contributed by atoms with Crippen molar-refractivity contribution in [3.05, 3.63) is 28.3 Å². The van der Waals surface area contributed by atoms with Crippen molar-refractivity contribution in [2.75, 3.05) is 57.8 Å². The van der Waals surface area contributed by atoms with Gasteiger partial charge in [0, 0.05) is 51.9 Å². The first-order chi connectivity index (χ1) is 12.8. The Morgan fingerprint density at radius 2 is 1.93 bits per heavy atom. The van der Waals surface area contributed by atoms with Crippen molar-refractivity contribution in [1.82, 2.24) is 9.21 Å². The summed E-state index contributed by atoms with van der Waals surface area (Å²) in [7, 11) is -1.83. The van der Waals surface area contributed by atoms with Gasteiger partial charge in [-0.15, -0.1) is 0 Å². The van der Waals surface area contributed by atoms with Crippen molar-refractivity contribution in [2.45, 2.75) is 17.7 Å². The molecule has 9 nitrogen and oxygen atoms in total. The molecule has 2 saturated heterocycles. The molecule has 0 spiro atoms. The van der Waals surface area contributed by atoms with E-state index in [1.54, 1.807) is 0 Å². The zero-order valence-corrected chi connectivity index (χ0v) is 16.3. The van der Waals surface area contributed by atoms with E-state index in [1.807, 2.05) is 16.8 Å². The number of nitro groups is 1. The number of aliphatic hydroxyl groups is 1. The molecule has 3 rings (SSSR count). The third kappa shape index (κ3) is 4.23. The Balaban J connectivity index is 1.90. The fourth-order valence-electron chi connectivity index (χ4n) is 3.69. The molecule has 10 heteroatoms. The second-order valence-electron chi connectivity index (χ2n) is 7.25. The second kappa shape index (κ2) is 8.09. The summed E-state index contributed by atoms with van der Waals surface area (Å²) in [6, 6.07) is 4.16. The molecule has 1 aromatic carbocycles. The summed E-state index contributed by atoms with van der Waals surface area (Å²) in [5.74, 6) is 0.0760. The van der Waals surface area contributed by atoms with Crippen LogP contribution in [0.3, 0.4) is 0 Å². The van der Waals surface area contributed by atoms with Gasteiger partial charge in [0.2, 0.25) is 10.0 Å². The van der Waals surface area contributed by atoms with Crippen LogP contribution in [0, 0.1) is 16.0 Å². The maximum absolute atomic E-state index is 12.9. The maximum Gasteiger partial charge on any atom is 0.293 e. The molecule has 0 aliphatic carbocycles. The number of likely N-dealkylation sites (N-methyl/N-ethyl adjacent to an activating group) is 1. The Hall–Kier alpha value is -1.75. The van der Waals surface area contributed by atoms with Gasteiger partial charge in [-0.25, -0.2) is 8.42 Å². The van der Waals surface area contributed by atoms with Gasteiger partial charge in [0.1, 0.15) is 5.69 Å². The number of nitrogens with zero attached hydrogens (tertiary/aromatic N) is 4. The van der Waals surface area contributed by atoms with Crippen LogP contribution in [-0.4, -0.2) is 80.6 Å². The predicted octanol–water partition coefficient (Wildman–Crippen LogP) is 0.740. The number of aliphatic hydroxyl groups excluding tert-OH is 1. The van der Waals surface area contributed by atoms with Gasteiger partial charge >= 0.3 is 0 Å². The average molecular weight is 398 g/mol. The molecular weight excluding hydrogens is 372 g/mol. The maximum atomic E-state index is 12.9. The highest BCUT2D eigenvalue weighted by Crippen LogP contribution is 2.34. The lowest BCUT2D eigenvalue weighted by atomic mass is 9.98. The van der Waals surface area contributed by atoms with E-state index in [2.05, 4.69) is 0 Å². The molecule has 1 aromatic rings. The van der Waals surface area contributed by atoms with E-state index in [1.165, 1.54) is 22.5 Å². The first-order valence-corrected chi connectivity index (χ1v) is 10.6. The molecule has 0 aromatic heterocycles. The molecule has 2 heterocycles. The molecule has 2 aliphatic rings. The van der Waals surface area contributed by atoms with Gasteiger partial charge in [0.15, 0.2) is 0 Å². The van der Waals surface area contributed by atoms with Crippen LogP contribution in [0.5, 0.6) is 0 Å². The molecule has 0 radical (unpaired) electrons. The van der Waals surface area contributed by atoms with Gasteiger partial charge in [-0.1, -0.05) is 0 Å². The van der Waals surface area contributed by atoms with E-state index >= 15 is 0 Å². The molecule has 27 heavy (non-hydrogen) atoms. The van der Waals surface area contributed by atoms with Gasteiger partial charge in [0.25, 0.3) is 5.69 Å². The number of sulfonamides is 1. The van der Waals surface area contributed by atoms with Crippen molar-refractivity contribution in [1.29, 1.82) is 0 Å². The Morgan fingerprint density at radius 1 is 1.22 bits per heavy atom. The lowest BCUT2D eigenvalue weighted by Crippen LogP contribution is -2.47. The minimum Gasteiger partial charge on any atom is -0.396 e. The fourth-order valence-corrected chi connectivity index (χ4v) is 5.13. The summed E-state index contributed by atoms with van der Waals surface area (Å²) in [5.41, 5.74) is 0.208. The Morgan fingerprint density at radius 3 is 2.56 bits per heavy atom. The number of benzene rings is 1. The van der Waals surface area contributed by atoms with E-state index in [4.69, 9.17) is 0 Å². The smallest absolute Gasteiger partial charge is 0.293 e. The largest absolute Gasteiger partial charge is 0.396 e. The molecule has 1 N–H and O–H groups in total. The van der Waals surface area contributed by atoms with E-state index < -0.39 is 14.9 Å². The normalized spacial score (nSPS) is 22.7. The van der Waals surface area contributed by atoms with Gasteiger partial charge in [-0.2, -0.15) is 4.31 Å². The van der Waals surface area contributed by atoms with Crippen LogP contribution in [0.15, 0.2) is 23.1 Å². The number of hydrogen-bond acceptors (Lipinski definition) is 7. The standard InChI is InChI=1S/C17H26N4O5S/c1-18-7-9-20(10-8-18)27(25,26)15-4-5-16(17(11-15)21(23)24)19-6-2-3-14(12-19)13-22/h4-5,11,14,22H,2-3,6-10,12-13H2,1H3/t14-/m1/s1. The molecular formula is C17H26N4O5S. The second-order valence-corrected chi connectivity index (χ2v) is 9.19. The van der Waals surface area contributed by atoms with Crippen molar-refractivity contribution >= 4 is 21.4 Å². The van der Waals surface area contributed by atoms with Crippen LogP contribution < -0.4 is 4.90 Å². The third-order valence-electron chi connectivity index (χ3n) is 5.36. The average Bonchev–Trinajstić information content (AvgIpc) is 2.67. The third-order valence-corrected chi connectivity index (χ3v) is 7.26. The summed E-state index contributed by atoms with van der Waals surface area (Å²) in [6.07, 6.45) is 1.72. The zero-order valence-electron chi connectivity index (χ0n) is 15.5. The van der Waals surface area contributed by atoms with Gasteiger partial charge in [-0.3, -0.25) is 10.1 Å². The molecule has 0 saturated carbocycles. The van der Waals surface area contributed by atoms with Gasteiger partial charge < -0.3 is 14.9 Å². The zero-order chi connectivity index (χ0) is 19.6. The van der Waals surface area contributed by atoms with Crippen LogP contribution in [0.4, 0.5) is 11.4 Å². The number of piperidine rings is 1. The predicted molar refractivity (Wildman–Crippen MR) is 101 cm³/mol. The van der Waals surface area contributed by atoms with Gasteiger partial charge in [-0.05, 0) is 37.9 Å². The molecule has 1 atom stereocenters. The summed E-state index contributed by atoms with van der Waals surface area (Å²) >= 11 is 0. The highest BCUT2D eigenvalue weighted by molar-refractivity contribution is 7.89. The minimum absolute atomic E-state index is 0.0418. The topological polar surface area (TPSA) is 107 Å². The van der Waals surface area contributed by atoms with E-state index in [9.17, 15) is 23.6 Å². The summed E-state index contributed by atoms with van der Waals surface area (Å²) in [5, 5.41) is 21.0. The molecule has 0 amide bonds. The SMILES string of the molecule is CN1CCN(S(=O)(=O)c2ccc(N3CCC[C@@H](CO)C3)c([N+](=O)[O-])c2)CC1. The highest BCUT2D eigenvalue weighted by Gasteiger charge is 2.31. The molecule has 2 fully saturated rings. The number of piperazine rings is 1. The summed E-state index contributed by atoms with van der Waals surface area (Å²) in [4.78, 5) is 15.0. The molecule has 0 bridgehead atoms. The van der Waals surface area contributed by atoms with Gasteiger partial charge in [0.05, 0.1) is 9.82 Å². The van der Waals surface area contributed by atoms with E-state index in [0.29, 0.717) is 45.0 Å². The first kappa shape index (κ1) is 20.0. The lowest BCUT2D eigenvalue weighted by molar-refractivity contribution is -0.384. The monoisotopic (exact) mass is 398 g/mol. The molecule has 150 valence electrons. The highest BCUT2D eigenvalue weighted by atomic mass is 32.2. The lowest BCUT2D eigenvalue weighted by Gasteiger charge is -2.33. The number of nitro benzene ring substituents is 1. The Bertz CT molecular complexity index is 793. The van der Waals surface area contributed by atoms with Crippen molar-refractivity contribution < 1.29 is 18.4 Å². The molecule has 2 aliphatic heterocycles. The summed E-state index contributed by atoms with van der Waals surface area (Å²) < 4.78 is 27.2. The van der Waals surface area contributed by atoms with E-state index in [0.717, 1.165) is 12.8 Å². The van der Waals surface area contributed by atoms with Crippen molar-refractivity contribution in [3.8, 4) is 0 Å². The first-order valence-electron chi connectivity index (χ1n) is 9.16. The minimum atomic E-state index is -3.76. The fraction of sp³-hybridized carbons (Fsp3) is 0.647. The Labute approximate surface area is 159 Å². The van der Waals surface area contributed by atoms with Crippen LogP contribution in [0.2, 0.25) is 0 Å². The number of rotatable bonds is 5. The van der Waals surface area contributed by atoms with Crippen molar-refractivity contribution in [2.24, 2.45) is 5.92 Å². The van der Waals surface area contributed by atoms with Crippen LogP contribution >= 0.6 is 0 Å². The quantitative estimate of drug-likeness (QED) is 0.576.